The lowest BCUT2D eigenvalue weighted by molar-refractivity contribution is 0.102. The Hall–Kier alpha value is -3.28. The summed E-state index contributed by atoms with van der Waals surface area (Å²) >= 11 is 0. The molecule has 24 heavy (non-hydrogen) atoms. The van der Waals surface area contributed by atoms with Crippen molar-refractivity contribution < 1.29 is 4.79 Å². The Morgan fingerprint density at radius 2 is 1.92 bits per heavy atom. The van der Waals surface area contributed by atoms with Crippen LogP contribution in [0.5, 0.6) is 0 Å². The predicted molar refractivity (Wildman–Crippen MR) is 92.7 cm³/mol. The Kier molecular flexibility index (Phi) is 4.76. The molecule has 0 atom stereocenters. The van der Waals surface area contributed by atoms with Gasteiger partial charge in [0.25, 0.3) is 5.91 Å². The van der Waals surface area contributed by atoms with E-state index in [0.29, 0.717) is 18.2 Å². The lowest BCUT2D eigenvalue weighted by Gasteiger charge is -2.08. The lowest BCUT2D eigenvalue weighted by atomic mass is 10.2. The van der Waals surface area contributed by atoms with Gasteiger partial charge in [0.1, 0.15) is 5.69 Å². The second-order valence-corrected chi connectivity index (χ2v) is 5.30. The third kappa shape index (κ3) is 4.13. The predicted octanol–water partition coefficient (Wildman–Crippen LogP) is 3.04. The van der Waals surface area contributed by atoms with Gasteiger partial charge in [0.05, 0.1) is 0 Å². The van der Waals surface area contributed by atoms with Crippen LogP contribution in [-0.2, 0) is 6.54 Å². The van der Waals surface area contributed by atoms with Crippen molar-refractivity contribution in [2.75, 3.05) is 10.6 Å². The number of nitrogens with one attached hydrogen (secondary N) is 2. The Labute approximate surface area is 140 Å². The average molecular weight is 319 g/mol. The number of hydrogen-bond donors (Lipinski definition) is 2. The van der Waals surface area contributed by atoms with Crippen molar-refractivity contribution in [3.05, 3.63) is 77.9 Å². The van der Waals surface area contributed by atoms with Gasteiger partial charge < -0.3 is 10.6 Å². The van der Waals surface area contributed by atoms with Crippen LogP contribution in [0.2, 0.25) is 0 Å². The second kappa shape index (κ2) is 7.32. The van der Waals surface area contributed by atoms with Gasteiger partial charge >= 0.3 is 0 Å². The molecule has 2 N–H and O–H groups in total. The number of carbonyl (C=O) groups excluding carboxylic acids is 1. The summed E-state index contributed by atoms with van der Waals surface area (Å²) < 4.78 is 0. The molecule has 120 valence electrons. The first kappa shape index (κ1) is 15.6. The van der Waals surface area contributed by atoms with E-state index in [4.69, 9.17) is 0 Å². The molecule has 0 saturated carbocycles. The number of aryl methyl sites for hydroxylation is 1. The number of hydrogen-bond acceptors (Lipinski definition) is 5. The van der Waals surface area contributed by atoms with Gasteiger partial charge in [-0.25, -0.2) is 9.97 Å². The van der Waals surface area contributed by atoms with Crippen LogP contribution >= 0.6 is 0 Å². The molecule has 0 fully saturated rings. The number of aromatic nitrogens is 3. The number of nitrogens with zero attached hydrogens (tertiary/aromatic N) is 3. The minimum Gasteiger partial charge on any atom is -0.350 e. The van der Waals surface area contributed by atoms with E-state index in [9.17, 15) is 4.79 Å². The molecule has 6 heteroatoms. The topological polar surface area (TPSA) is 79.8 Å². The molecule has 3 aromatic rings. The zero-order valence-electron chi connectivity index (χ0n) is 13.2. The minimum absolute atomic E-state index is 0.269. The summed E-state index contributed by atoms with van der Waals surface area (Å²) in [6.45, 7) is 2.53. The molecule has 2 heterocycles. The number of rotatable bonds is 5. The van der Waals surface area contributed by atoms with E-state index in [2.05, 4.69) is 25.6 Å². The van der Waals surface area contributed by atoms with E-state index in [1.54, 1.807) is 24.7 Å². The molecule has 0 radical (unpaired) electrons. The normalized spacial score (nSPS) is 10.2. The molecule has 0 unspecified atom stereocenters. The molecule has 0 aliphatic carbocycles. The van der Waals surface area contributed by atoms with E-state index in [1.807, 2.05) is 43.3 Å². The van der Waals surface area contributed by atoms with Crippen molar-refractivity contribution in [2.45, 2.75) is 13.5 Å². The smallest absolute Gasteiger partial charge is 0.274 e. The maximum Gasteiger partial charge on any atom is 0.274 e. The third-order valence-electron chi connectivity index (χ3n) is 3.36. The van der Waals surface area contributed by atoms with Crippen molar-refractivity contribution >= 4 is 17.5 Å². The second-order valence-electron chi connectivity index (χ2n) is 5.30. The maximum atomic E-state index is 12.3. The highest BCUT2D eigenvalue weighted by molar-refractivity contribution is 6.02. The summed E-state index contributed by atoms with van der Waals surface area (Å²) in [4.78, 5) is 24.7. The maximum absolute atomic E-state index is 12.3. The van der Waals surface area contributed by atoms with Crippen LogP contribution in [0.4, 0.5) is 11.6 Å². The largest absolute Gasteiger partial charge is 0.350 e. The van der Waals surface area contributed by atoms with Crippen LogP contribution in [0.25, 0.3) is 0 Å². The number of amides is 1. The standard InChI is InChI=1S/C18H17N5O/c1-13-3-2-4-15(11-13)22-17(24)16-7-10-20-18(23-16)21-12-14-5-8-19-9-6-14/h2-11H,12H2,1H3,(H,22,24)(H,20,21,23). The molecular weight excluding hydrogens is 302 g/mol. The number of anilines is 2. The lowest BCUT2D eigenvalue weighted by Crippen LogP contribution is -2.15. The summed E-state index contributed by atoms with van der Waals surface area (Å²) in [7, 11) is 0. The van der Waals surface area contributed by atoms with Crippen LogP contribution < -0.4 is 10.6 Å². The van der Waals surface area contributed by atoms with E-state index >= 15 is 0 Å². The van der Waals surface area contributed by atoms with Gasteiger partial charge in [-0.1, -0.05) is 12.1 Å². The van der Waals surface area contributed by atoms with E-state index in [-0.39, 0.29) is 5.91 Å². The molecule has 0 aliphatic heterocycles. The number of pyridine rings is 1. The SMILES string of the molecule is Cc1cccc(NC(=O)c2ccnc(NCc3ccncc3)n2)c1. The van der Waals surface area contributed by atoms with Gasteiger partial charge in [-0.15, -0.1) is 0 Å². The number of benzene rings is 1. The zero-order valence-corrected chi connectivity index (χ0v) is 13.2. The highest BCUT2D eigenvalue weighted by Gasteiger charge is 2.09. The van der Waals surface area contributed by atoms with Crippen LogP contribution in [0.1, 0.15) is 21.6 Å². The molecular formula is C18H17N5O. The van der Waals surface area contributed by atoms with Crippen molar-refractivity contribution in [3.63, 3.8) is 0 Å². The fourth-order valence-electron chi connectivity index (χ4n) is 2.17. The highest BCUT2D eigenvalue weighted by Crippen LogP contribution is 2.11. The van der Waals surface area contributed by atoms with Crippen LogP contribution in [-0.4, -0.2) is 20.9 Å². The molecule has 1 amide bonds. The van der Waals surface area contributed by atoms with Crippen molar-refractivity contribution in [2.24, 2.45) is 0 Å². The van der Waals surface area contributed by atoms with Crippen molar-refractivity contribution in [1.82, 2.24) is 15.0 Å². The molecule has 0 saturated heterocycles. The van der Waals surface area contributed by atoms with Crippen LogP contribution in [0, 0.1) is 6.92 Å². The van der Waals surface area contributed by atoms with E-state index in [0.717, 1.165) is 16.8 Å². The van der Waals surface area contributed by atoms with Gasteiger partial charge in [0, 0.05) is 30.8 Å². The quantitative estimate of drug-likeness (QED) is 0.755. The van der Waals surface area contributed by atoms with Gasteiger partial charge in [0.2, 0.25) is 5.95 Å². The number of carbonyl (C=O) groups is 1. The summed E-state index contributed by atoms with van der Waals surface area (Å²) in [5.41, 5.74) is 3.19. The van der Waals surface area contributed by atoms with Crippen molar-refractivity contribution in [1.29, 1.82) is 0 Å². The van der Waals surface area contributed by atoms with Gasteiger partial charge in [-0.05, 0) is 48.4 Å². The van der Waals surface area contributed by atoms with Gasteiger partial charge in [-0.2, -0.15) is 0 Å². The summed E-state index contributed by atoms with van der Waals surface area (Å²) in [5, 5.41) is 5.93. The highest BCUT2D eigenvalue weighted by atomic mass is 16.1. The average Bonchev–Trinajstić information content (AvgIpc) is 2.61. The first-order valence-corrected chi connectivity index (χ1v) is 7.54. The molecule has 6 nitrogen and oxygen atoms in total. The van der Waals surface area contributed by atoms with Gasteiger partial charge in [0.15, 0.2) is 0 Å². The first-order chi connectivity index (χ1) is 11.7. The monoisotopic (exact) mass is 319 g/mol. The summed E-state index contributed by atoms with van der Waals surface area (Å²) in [6.07, 6.45) is 5.01. The fraction of sp³-hybridized carbons (Fsp3) is 0.111. The Bertz CT molecular complexity index is 836. The van der Waals surface area contributed by atoms with Crippen LogP contribution in [0.15, 0.2) is 61.1 Å². The Morgan fingerprint density at radius 1 is 1.08 bits per heavy atom. The molecule has 1 aromatic carbocycles. The van der Waals surface area contributed by atoms with Gasteiger partial charge in [-0.3, -0.25) is 9.78 Å². The minimum atomic E-state index is -0.269. The summed E-state index contributed by atoms with van der Waals surface area (Å²) in [5.74, 6) is 0.138. The molecule has 0 aliphatic rings. The molecule has 0 bridgehead atoms. The van der Waals surface area contributed by atoms with E-state index in [1.165, 1.54) is 0 Å². The van der Waals surface area contributed by atoms with E-state index < -0.39 is 0 Å². The molecule has 0 spiro atoms. The summed E-state index contributed by atoms with van der Waals surface area (Å²) in [6, 6.07) is 13.0. The third-order valence-corrected chi connectivity index (χ3v) is 3.36. The fourth-order valence-corrected chi connectivity index (χ4v) is 2.17. The first-order valence-electron chi connectivity index (χ1n) is 7.54. The van der Waals surface area contributed by atoms with Crippen molar-refractivity contribution in [3.8, 4) is 0 Å². The van der Waals surface area contributed by atoms with Crippen LogP contribution in [0.3, 0.4) is 0 Å². The molecule has 3 rings (SSSR count). The Balaban J connectivity index is 1.67. The zero-order chi connectivity index (χ0) is 16.8. The Morgan fingerprint density at radius 3 is 2.71 bits per heavy atom. The molecule has 2 aromatic heterocycles.